The minimum atomic E-state index is -3.92. The van der Waals surface area contributed by atoms with E-state index < -0.39 is 16.0 Å². The largest absolute Gasteiger partial charge is 0.477 e. The van der Waals surface area contributed by atoms with E-state index in [1.807, 2.05) is 30.3 Å². The Balaban J connectivity index is 2.37. The fourth-order valence-electron chi connectivity index (χ4n) is 2.86. The third-order valence-electron chi connectivity index (χ3n) is 4.05. The standard InChI is InChI=1S/C18H18N2O4S/c1-19(2)25(23,24)17-14-10-6-7-11-15(14)20(16(17)18(21)22)12-13-8-4-3-5-9-13/h3-11H,12H2,1-2H3,(H,21,22). The number of rotatable bonds is 5. The van der Waals surface area contributed by atoms with E-state index in [0.29, 0.717) is 10.9 Å². The first-order valence-corrected chi connectivity index (χ1v) is 9.09. The topological polar surface area (TPSA) is 79.6 Å². The maximum Gasteiger partial charge on any atom is 0.353 e. The van der Waals surface area contributed by atoms with Crippen molar-refractivity contribution < 1.29 is 18.3 Å². The summed E-state index contributed by atoms with van der Waals surface area (Å²) in [4.78, 5) is 11.8. The number of aromatic carboxylic acids is 1. The number of nitrogens with zero attached hydrogens (tertiary/aromatic N) is 2. The van der Waals surface area contributed by atoms with Crippen molar-refractivity contribution >= 4 is 26.9 Å². The monoisotopic (exact) mass is 358 g/mol. The van der Waals surface area contributed by atoms with Gasteiger partial charge in [-0.2, -0.15) is 0 Å². The van der Waals surface area contributed by atoms with Crippen molar-refractivity contribution in [2.24, 2.45) is 0 Å². The van der Waals surface area contributed by atoms with Crippen LogP contribution in [0.5, 0.6) is 0 Å². The maximum atomic E-state index is 12.8. The summed E-state index contributed by atoms with van der Waals surface area (Å²) in [5, 5.41) is 10.2. The Morgan fingerprint density at radius 3 is 2.24 bits per heavy atom. The van der Waals surface area contributed by atoms with Crippen LogP contribution in [-0.2, 0) is 16.6 Å². The van der Waals surface area contributed by atoms with Crippen LogP contribution in [0.2, 0.25) is 0 Å². The molecule has 0 unspecified atom stereocenters. The second-order valence-corrected chi connectivity index (χ2v) is 7.95. The van der Waals surface area contributed by atoms with Gasteiger partial charge >= 0.3 is 5.97 Å². The molecule has 25 heavy (non-hydrogen) atoms. The molecule has 2 aromatic carbocycles. The highest BCUT2D eigenvalue weighted by Crippen LogP contribution is 2.32. The van der Waals surface area contributed by atoms with E-state index in [9.17, 15) is 18.3 Å². The van der Waals surface area contributed by atoms with Gasteiger partial charge in [0.25, 0.3) is 0 Å². The van der Waals surface area contributed by atoms with Gasteiger partial charge in [-0.1, -0.05) is 48.5 Å². The van der Waals surface area contributed by atoms with E-state index in [1.165, 1.54) is 14.1 Å². The Morgan fingerprint density at radius 2 is 1.64 bits per heavy atom. The van der Waals surface area contributed by atoms with Crippen molar-refractivity contribution in [3.8, 4) is 0 Å². The number of sulfonamides is 1. The Hall–Kier alpha value is -2.64. The first kappa shape index (κ1) is 17.2. The van der Waals surface area contributed by atoms with E-state index in [1.54, 1.807) is 28.8 Å². The molecule has 7 heteroatoms. The van der Waals surface area contributed by atoms with E-state index in [0.717, 1.165) is 9.87 Å². The maximum absolute atomic E-state index is 12.8. The Bertz CT molecular complexity index is 1040. The summed E-state index contributed by atoms with van der Waals surface area (Å²) in [5.41, 5.74) is 1.24. The SMILES string of the molecule is CN(C)S(=O)(=O)c1c(C(=O)O)n(Cc2ccccc2)c2ccccc12. The lowest BCUT2D eigenvalue weighted by molar-refractivity contribution is 0.0681. The number of fused-ring (bicyclic) bond motifs is 1. The second-order valence-electron chi connectivity index (χ2n) is 5.86. The smallest absolute Gasteiger partial charge is 0.353 e. The van der Waals surface area contributed by atoms with Crippen molar-refractivity contribution in [1.82, 2.24) is 8.87 Å². The van der Waals surface area contributed by atoms with Gasteiger partial charge < -0.3 is 9.67 Å². The molecule has 1 heterocycles. The van der Waals surface area contributed by atoms with Gasteiger partial charge in [0, 0.05) is 26.0 Å². The number of aromatic nitrogens is 1. The summed E-state index contributed by atoms with van der Waals surface area (Å²) in [6.07, 6.45) is 0. The van der Waals surface area contributed by atoms with Gasteiger partial charge in [0.1, 0.15) is 10.6 Å². The zero-order chi connectivity index (χ0) is 18.2. The normalized spacial score (nSPS) is 12.0. The number of para-hydroxylation sites is 1. The van der Waals surface area contributed by atoms with Gasteiger partial charge in [-0.3, -0.25) is 0 Å². The lowest BCUT2D eigenvalue weighted by atomic mass is 10.2. The van der Waals surface area contributed by atoms with Gasteiger partial charge in [0.15, 0.2) is 0 Å². The van der Waals surface area contributed by atoms with Crippen molar-refractivity contribution in [2.75, 3.05) is 14.1 Å². The average molecular weight is 358 g/mol. The van der Waals surface area contributed by atoms with Crippen LogP contribution in [-0.4, -0.2) is 42.5 Å². The van der Waals surface area contributed by atoms with Crippen LogP contribution in [0.4, 0.5) is 0 Å². The third-order valence-corrected chi connectivity index (χ3v) is 5.94. The molecular weight excluding hydrogens is 340 g/mol. The first-order chi connectivity index (χ1) is 11.8. The van der Waals surface area contributed by atoms with Crippen LogP contribution < -0.4 is 0 Å². The number of hydrogen-bond donors (Lipinski definition) is 1. The van der Waals surface area contributed by atoms with Crippen LogP contribution in [0.1, 0.15) is 16.1 Å². The molecule has 3 aromatic rings. The van der Waals surface area contributed by atoms with Crippen molar-refractivity contribution in [2.45, 2.75) is 11.4 Å². The predicted molar refractivity (Wildman–Crippen MR) is 95.3 cm³/mol. The fourth-order valence-corrected chi connectivity index (χ4v) is 4.12. The molecule has 1 aromatic heterocycles. The van der Waals surface area contributed by atoms with E-state index in [2.05, 4.69) is 0 Å². The van der Waals surface area contributed by atoms with Crippen LogP contribution in [0.3, 0.4) is 0 Å². The van der Waals surface area contributed by atoms with Gasteiger partial charge in [-0.25, -0.2) is 17.5 Å². The zero-order valence-electron chi connectivity index (χ0n) is 13.9. The van der Waals surface area contributed by atoms with Crippen LogP contribution >= 0.6 is 0 Å². The second kappa shape index (κ2) is 6.34. The molecule has 0 aliphatic rings. The van der Waals surface area contributed by atoms with Gasteiger partial charge in [-0.15, -0.1) is 0 Å². The molecule has 0 radical (unpaired) electrons. The number of carbonyl (C=O) groups is 1. The van der Waals surface area contributed by atoms with E-state index in [4.69, 9.17) is 0 Å². The molecule has 130 valence electrons. The summed E-state index contributed by atoms with van der Waals surface area (Å²) in [6.45, 7) is 0.270. The molecule has 0 aliphatic carbocycles. The minimum Gasteiger partial charge on any atom is -0.477 e. The van der Waals surface area contributed by atoms with Crippen molar-refractivity contribution in [3.05, 3.63) is 65.9 Å². The highest BCUT2D eigenvalue weighted by Gasteiger charge is 2.32. The van der Waals surface area contributed by atoms with Crippen molar-refractivity contribution in [1.29, 1.82) is 0 Å². The lowest BCUT2D eigenvalue weighted by Crippen LogP contribution is -2.24. The Kier molecular flexibility index (Phi) is 4.36. The molecule has 3 rings (SSSR count). The summed E-state index contributed by atoms with van der Waals surface area (Å²) < 4.78 is 28.2. The minimum absolute atomic E-state index is 0.170. The van der Waals surface area contributed by atoms with Crippen LogP contribution in [0.15, 0.2) is 59.5 Å². The molecule has 0 saturated heterocycles. The van der Waals surface area contributed by atoms with Crippen LogP contribution in [0.25, 0.3) is 10.9 Å². The molecule has 0 fully saturated rings. The lowest BCUT2D eigenvalue weighted by Gasteiger charge is -2.13. The molecular formula is C18H18N2O4S. The Morgan fingerprint density at radius 1 is 1.04 bits per heavy atom. The average Bonchev–Trinajstić information content (AvgIpc) is 2.91. The highest BCUT2D eigenvalue weighted by molar-refractivity contribution is 7.89. The number of carboxylic acids is 1. The van der Waals surface area contributed by atoms with Gasteiger partial charge in [-0.05, 0) is 11.6 Å². The zero-order valence-corrected chi connectivity index (χ0v) is 14.7. The quantitative estimate of drug-likeness (QED) is 0.760. The summed E-state index contributed by atoms with van der Waals surface area (Å²) in [5.74, 6) is -1.27. The van der Waals surface area contributed by atoms with E-state index in [-0.39, 0.29) is 17.1 Å². The van der Waals surface area contributed by atoms with Crippen molar-refractivity contribution in [3.63, 3.8) is 0 Å². The number of carboxylic acid groups (broad SMARTS) is 1. The molecule has 0 bridgehead atoms. The molecule has 0 atom stereocenters. The van der Waals surface area contributed by atoms with Gasteiger partial charge in [0.05, 0.1) is 5.52 Å². The molecule has 6 nitrogen and oxygen atoms in total. The Labute approximate surface area is 146 Å². The van der Waals surface area contributed by atoms with Gasteiger partial charge in [0.2, 0.25) is 10.0 Å². The molecule has 0 aliphatic heterocycles. The van der Waals surface area contributed by atoms with Crippen LogP contribution in [0, 0.1) is 0 Å². The first-order valence-electron chi connectivity index (χ1n) is 7.65. The summed E-state index contributed by atoms with van der Waals surface area (Å²) in [6, 6.07) is 16.2. The third kappa shape index (κ3) is 2.92. The molecule has 1 N–H and O–H groups in total. The predicted octanol–water partition coefficient (Wildman–Crippen LogP) is 2.64. The number of hydrogen-bond acceptors (Lipinski definition) is 3. The summed E-state index contributed by atoms with van der Waals surface area (Å²) >= 11 is 0. The fraction of sp³-hybridized carbons (Fsp3) is 0.167. The molecule has 0 spiro atoms. The number of benzene rings is 2. The van der Waals surface area contributed by atoms with E-state index >= 15 is 0 Å². The highest BCUT2D eigenvalue weighted by atomic mass is 32.2. The molecule has 0 amide bonds. The summed E-state index contributed by atoms with van der Waals surface area (Å²) in [7, 11) is -1.13. The molecule has 0 saturated carbocycles.